The van der Waals surface area contributed by atoms with Gasteiger partial charge in [-0.2, -0.15) is 5.10 Å². The van der Waals surface area contributed by atoms with Crippen LogP contribution in [0.4, 0.5) is 0 Å². The Kier molecular flexibility index (Phi) is 5.91. The molecule has 4 aromatic rings. The van der Waals surface area contributed by atoms with E-state index < -0.39 is 6.10 Å². The molecule has 0 aliphatic rings. The first-order valence-corrected chi connectivity index (χ1v) is 10.00. The molecule has 1 heterocycles. The molecule has 3 aromatic carbocycles. The summed E-state index contributed by atoms with van der Waals surface area (Å²) in [6, 6.07) is 23.7. The van der Waals surface area contributed by atoms with Gasteiger partial charge in [0.05, 0.1) is 17.6 Å². The average Bonchev–Trinajstić information content (AvgIpc) is 2.80. The fraction of sp³-hybridized carbons (Fsp3) is 0.160. The van der Waals surface area contributed by atoms with Gasteiger partial charge in [0.1, 0.15) is 18.5 Å². The standard InChI is InChI=1S/C25H22N2O4/c1-17(28)18-11-13-21(14-12-18)31-16-20(29)15-27-25(30)23-10-6-5-9-22(23)24(26-27)19-7-3-2-4-8-19/h2-14,20,29H,15-16H2,1H3. The fourth-order valence-electron chi connectivity index (χ4n) is 3.40. The number of hydrogen-bond acceptors (Lipinski definition) is 5. The molecular weight excluding hydrogens is 392 g/mol. The van der Waals surface area contributed by atoms with Gasteiger partial charge in [-0.15, -0.1) is 0 Å². The quantitative estimate of drug-likeness (QED) is 0.466. The molecule has 6 heteroatoms. The average molecular weight is 414 g/mol. The molecule has 0 aliphatic heterocycles. The second-order valence-electron chi connectivity index (χ2n) is 7.29. The number of aliphatic hydroxyl groups excluding tert-OH is 1. The molecule has 6 nitrogen and oxygen atoms in total. The second-order valence-corrected chi connectivity index (χ2v) is 7.29. The number of fused-ring (bicyclic) bond motifs is 1. The molecule has 0 radical (unpaired) electrons. The molecule has 1 aromatic heterocycles. The van der Waals surface area contributed by atoms with Crippen molar-refractivity contribution in [1.29, 1.82) is 0 Å². The summed E-state index contributed by atoms with van der Waals surface area (Å²) >= 11 is 0. The molecule has 0 spiro atoms. The molecule has 1 atom stereocenters. The highest BCUT2D eigenvalue weighted by Crippen LogP contribution is 2.24. The minimum atomic E-state index is -0.942. The zero-order valence-electron chi connectivity index (χ0n) is 17.1. The van der Waals surface area contributed by atoms with Crippen molar-refractivity contribution in [2.24, 2.45) is 0 Å². The van der Waals surface area contributed by atoms with Crippen molar-refractivity contribution in [3.8, 4) is 17.0 Å². The van der Waals surface area contributed by atoms with Gasteiger partial charge in [-0.3, -0.25) is 9.59 Å². The number of carbonyl (C=O) groups excluding carboxylic acids is 1. The van der Waals surface area contributed by atoms with Crippen LogP contribution in [0.15, 0.2) is 83.7 Å². The Labute approximate surface area is 179 Å². The van der Waals surface area contributed by atoms with E-state index in [0.29, 0.717) is 22.4 Å². The Bertz CT molecular complexity index is 1260. The van der Waals surface area contributed by atoms with Crippen LogP contribution in [-0.2, 0) is 6.54 Å². The lowest BCUT2D eigenvalue weighted by Gasteiger charge is -2.15. The topological polar surface area (TPSA) is 81.4 Å². The highest BCUT2D eigenvalue weighted by Gasteiger charge is 2.15. The van der Waals surface area contributed by atoms with Gasteiger partial charge in [0.15, 0.2) is 5.78 Å². The largest absolute Gasteiger partial charge is 0.491 e. The van der Waals surface area contributed by atoms with E-state index in [1.807, 2.05) is 48.5 Å². The first-order chi connectivity index (χ1) is 15.0. The molecular formula is C25H22N2O4. The lowest BCUT2D eigenvalue weighted by Crippen LogP contribution is -2.32. The van der Waals surface area contributed by atoms with E-state index in [1.54, 1.807) is 30.3 Å². The van der Waals surface area contributed by atoms with E-state index in [0.717, 1.165) is 10.9 Å². The molecule has 0 saturated heterocycles. The Hall–Kier alpha value is -3.77. The van der Waals surface area contributed by atoms with Crippen molar-refractivity contribution in [2.45, 2.75) is 19.6 Å². The predicted octanol–water partition coefficient (Wildman–Crippen LogP) is 3.71. The first kappa shape index (κ1) is 20.5. The summed E-state index contributed by atoms with van der Waals surface area (Å²) in [7, 11) is 0. The third-order valence-electron chi connectivity index (χ3n) is 5.00. The number of nitrogens with zero attached hydrogens (tertiary/aromatic N) is 2. The lowest BCUT2D eigenvalue weighted by atomic mass is 10.1. The van der Waals surface area contributed by atoms with Crippen LogP contribution in [0.3, 0.4) is 0 Å². The maximum atomic E-state index is 12.9. The summed E-state index contributed by atoms with van der Waals surface area (Å²) in [5.74, 6) is 0.510. The van der Waals surface area contributed by atoms with Crippen molar-refractivity contribution in [3.05, 3.63) is 94.8 Å². The van der Waals surface area contributed by atoms with Gasteiger partial charge in [0.25, 0.3) is 5.56 Å². The van der Waals surface area contributed by atoms with Crippen molar-refractivity contribution < 1.29 is 14.6 Å². The summed E-state index contributed by atoms with van der Waals surface area (Å²) in [5, 5.41) is 16.3. The summed E-state index contributed by atoms with van der Waals surface area (Å²) < 4.78 is 6.90. The minimum Gasteiger partial charge on any atom is -0.491 e. The van der Waals surface area contributed by atoms with E-state index in [2.05, 4.69) is 5.10 Å². The number of carbonyl (C=O) groups is 1. The number of rotatable bonds is 7. The van der Waals surface area contributed by atoms with Gasteiger partial charge in [0.2, 0.25) is 0 Å². The van der Waals surface area contributed by atoms with Crippen LogP contribution < -0.4 is 10.3 Å². The molecule has 156 valence electrons. The minimum absolute atomic E-state index is 0.00493. The molecule has 0 saturated carbocycles. The van der Waals surface area contributed by atoms with Crippen molar-refractivity contribution in [1.82, 2.24) is 9.78 Å². The SMILES string of the molecule is CC(=O)c1ccc(OCC(O)Cn2nc(-c3ccccc3)c3ccccc3c2=O)cc1. The monoisotopic (exact) mass is 414 g/mol. The number of ether oxygens (including phenoxy) is 1. The maximum Gasteiger partial charge on any atom is 0.274 e. The Morgan fingerprint density at radius 3 is 2.29 bits per heavy atom. The van der Waals surface area contributed by atoms with Crippen molar-refractivity contribution in [2.75, 3.05) is 6.61 Å². The van der Waals surface area contributed by atoms with Gasteiger partial charge < -0.3 is 9.84 Å². The Balaban J connectivity index is 1.57. The molecule has 4 rings (SSSR count). The normalized spacial score (nSPS) is 11.9. The fourth-order valence-corrected chi connectivity index (χ4v) is 3.40. The summed E-state index contributed by atoms with van der Waals surface area (Å²) in [5.41, 5.74) is 1.90. The molecule has 1 N–H and O–H groups in total. The number of aromatic nitrogens is 2. The van der Waals surface area contributed by atoms with Gasteiger partial charge in [-0.05, 0) is 37.3 Å². The zero-order chi connectivity index (χ0) is 21.8. The number of Topliss-reactive ketones (excluding diaryl/α,β-unsaturated/α-hetero) is 1. The predicted molar refractivity (Wildman–Crippen MR) is 119 cm³/mol. The van der Waals surface area contributed by atoms with Gasteiger partial charge in [0, 0.05) is 16.5 Å². The molecule has 1 unspecified atom stereocenters. The van der Waals surface area contributed by atoms with Crippen LogP contribution in [0.2, 0.25) is 0 Å². The molecule has 0 bridgehead atoms. The smallest absolute Gasteiger partial charge is 0.274 e. The summed E-state index contributed by atoms with van der Waals surface area (Å²) in [6.07, 6.45) is -0.942. The van der Waals surface area contributed by atoms with E-state index in [-0.39, 0.29) is 24.5 Å². The molecule has 0 fully saturated rings. The third kappa shape index (κ3) is 4.54. The highest BCUT2D eigenvalue weighted by atomic mass is 16.5. The van der Waals surface area contributed by atoms with Crippen LogP contribution >= 0.6 is 0 Å². The number of ketones is 1. The highest BCUT2D eigenvalue weighted by molar-refractivity contribution is 5.94. The van der Waals surface area contributed by atoms with Gasteiger partial charge in [-0.25, -0.2) is 4.68 Å². The van der Waals surface area contributed by atoms with Gasteiger partial charge >= 0.3 is 0 Å². The van der Waals surface area contributed by atoms with E-state index in [1.165, 1.54) is 11.6 Å². The third-order valence-corrected chi connectivity index (χ3v) is 5.00. The summed E-state index contributed by atoms with van der Waals surface area (Å²) in [4.78, 5) is 24.3. The number of aliphatic hydroxyl groups is 1. The molecule has 0 amide bonds. The lowest BCUT2D eigenvalue weighted by molar-refractivity contribution is 0.0881. The number of hydrogen-bond donors (Lipinski definition) is 1. The van der Waals surface area contributed by atoms with Crippen LogP contribution in [0.25, 0.3) is 22.0 Å². The first-order valence-electron chi connectivity index (χ1n) is 10.00. The zero-order valence-corrected chi connectivity index (χ0v) is 17.1. The van der Waals surface area contributed by atoms with Crippen LogP contribution in [0, 0.1) is 0 Å². The maximum absolute atomic E-state index is 12.9. The summed E-state index contributed by atoms with van der Waals surface area (Å²) in [6.45, 7) is 1.48. The Morgan fingerprint density at radius 2 is 1.61 bits per heavy atom. The van der Waals surface area contributed by atoms with Crippen molar-refractivity contribution in [3.63, 3.8) is 0 Å². The number of benzene rings is 3. The van der Waals surface area contributed by atoms with Crippen LogP contribution in [0.5, 0.6) is 5.75 Å². The van der Waals surface area contributed by atoms with E-state index in [4.69, 9.17) is 4.74 Å². The van der Waals surface area contributed by atoms with E-state index in [9.17, 15) is 14.7 Å². The molecule has 0 aliphatic carbocycles. The molecule has 31 heavy (non-hydrogen) atoms. The Morgan fingerprint density at radius 1 is 0.968 bits per heavy atom. The van der Waals surface area contributed by atoms with Crippen LogP contribution in [-0.4, -0.2) is 33.4 Å². The second kappa shape index (κ2) is 8.93. The van der Waals surface area contributed by atoms with Crippen molar-refractivity contribution >= 4 is 16.6 Å². The van der Waals surface area contributed by atoms with Crippen LogP contribution in [0.1, 0.15) is 17.3 Å². The van der Waals surface area contributed by atoms with E-state index >= 15 is 0 Å². The van der Waals surface area contributed by atoms with Gasteiger partial charge in [-0.1, -0.05) is 48.5 Å².